The van der Waals surface area contributed by atoms with Gasteiger partial charge in [-0.15, -0.1) is 0 Å². The van der Waals surface area contributed by atoms with Gasteiger partial charge in [0.05, 0.1) is 0 Å². The summed E-state index contributed by atoms with van der Waals surface area (Å²) in [6, 6.07) is 14.5. The Bertz CT molecular complexity index is 773. The third kappa shape index (κ3) is 4.97. The molecule has 0 radical (unpaired) electrons. The Morgan fingerprint density at radius 2 is 1.67 bits per heavy atom. The lowest BCUT2D eigenvalue weighted by molar-refractivity contribution is 0.215. The van der Waals surface area contributed by atoms with Crippen LogP contribution in [-0.4, -0.2) is 19.4 Å². The first kappa shape index (κ1) is 18.3. The van der Waals surface area contributed by atoms with Gasteiger partial charge in [0.2, 0.25) is 0 Å². The highest BCUT2D eigenvalue weighted by atomic mass is 31.2. The number of hydrogen-bond acceptors (Lipinski definition) is 3. The monoisotopic (exact) mass is 345 g/mol. The summed E-state index contributed by atoms with van der Waals surface area (Å²) in [7, 11) is -2.44. The highest BCUT2D eigenvalue weighted by Gasteiger charge is 2.20. The van der Waals surface area contributed by atoms with Crippen LogP contribution in [0.3, 0.4) is 0 Å². The molecule has 5 heteroatoms. The Balaban J connectivity index is 2.29. The van der Waals surface area contributed by atoms with Gasteiger partial charge in [0, 0.05) is 11.0 Å². The van der Waals surface area contributed by atoms with Crippen LogP contribution in [0.15, 0.2) is 48.5 Å². The van der Waals surface area contributed by atoms with Crippen LogP contribution in [0.4, 0.5) is 10.5 Å². The van der Waals surface area contributed by atoms with Crippen molar-refractivity contribution in [3.63, 3.8) is 0 Å². The van der Waals surface area contributed by atoms with Crippen LogP contribution < -0.4 is 15.4 Å². The van der Waals surface area contributed by atoms with Crippen LogP contribution in [0.2, 0.25) is 0 Å². The van der Waals surface area contributed by atoms with E-state index in [2.05, 4.69) is 26.1 Å². The molecule has 0 bridgehead atoms. The molecule has 24 heavy (non-hydrogen) atoms. The van der Waals surface area contributed by atoms with E-state index in [1.165, 1.54) is 0 Å². The summed E-state index contributed by atoms with van der Waals surface area (Å²) in [6.07, 6.45) is -0.569. The molecule has 0 aliphatic rings. The molecule has 0 aliphatic carbocycles. The van der Waals surface area contributed by atoms with Crippen molar-refractivity contribution >= 4 is 24.2 Å². The molecule has 0 aliphatic heterocycles. The number of carbonyl (C=O) groups excluding carboxylic acids is 1. The maximum Gasteiger partial charge on any atom is 0.417 e. The van der Waals surface area contributed by atoms with E-state index in [9.17, 15) is 9.36 Å². The predicted octanol–water partition coefficient (Wildman–Crippen LogP) is 4.84. The summed E-state index contributed by atoms with van der Waals surface area (Å²) in [5.41, 5.74) is 1.48. The van der Waals surface area contributed by atoms with Crippen molar-refractivity contribution in [3.8, 4) is 5.75 Å². The molecular weight excluding hydrogens is 321 g/mol. The largest absolute Gasteiger partial charge is 0.417 e. The molecule has 0 heterocycles. The van der Waals surface area contributed by atoms with Crippen molar-refractivity contribution in [2.75, 3.05) is 18.6 Å². The number of amides is 1. The van der Waals surface area contributed by atoms with Crippen LogP contribution in [0.1, 0.15) is 26.3 Å². The fraction of sp³-hybridized carbons (Fsp3) is 0.316. The molecule has 0 saturated heterocycles. The zero-order chi connectivity index (χ0) is 18.0. The third-order valence-electron chi connectivity index (χ3n) is 3.61. The second-order valence-electron chi connectivity index (χ2n) is 7.20. The topological polar surface area (TPSA) is 55.4 Å². The van der Waals surface area contributed by atoms with Crippen LogP contribution >= 0.6 is 7.14 Å². The van der Waals surface area contributed by atoms with Crippen molar-refractivity contribution in [3.05, 3.63) is 54.1 Å². The van der Waals surface area contributed by atoms with Gasteiger partial charge in [0.1, 0.15) is 12.9 Å². The molecule has 4 nitrogen and oxygen atoms in total. The maximum absolute atomic E-state index is 12.5. The van der Waals surface area contributed by atoms with E-state index >= 15 is 0 Å². The molecule has 1 amide bonds. The quantitative estimate of drug-likeness (QED) is 0.810. The van der Waals surface area contributed by atoms with Gasteiger partial charge < -0.3 is 9.30 Å². The van der Waals surface area contributed by atoms with Crippen molar-refractivity contribution in [2.24, 2.45) is 0 Å². The molecule has 0 spiro atoms. The average Bonchev–Trinajstić information content (AvgIpc) is 2.46. The lowest BCUT2D eigenvalue weighted by atomic mass is 9.87. The summed E-state index contributed by atoms with van der Waals surface area (Å²) in [5, 5.41) is 3.47. The number of rotatable bonds is 3. The van der Waals surface area contributed by atoms with Crippen LogP contribution in [0.25, 0.3) is 0 Å². The Kier molecular flexibility index (Phi) is 5.19. The molecule has 0 atom stereocenters. The maximum atomic E-state index is 12.5. The van der Waals surface area contributed by atoms with E-state index in [0.29, 0.717) is 11.4 Å². The van der Waals surface area contributed by atoms with E-state index in [1.54, 1.807) is 43.7 Å². The number of para-hydroxylation sites is 1. The zero-order valence-corrected chi connectivity index (χ0v) is 15.7. The highest BCUT2D eigenvalue weighted by Crippen LogP contribution is 2.37. The fourth-order valence-electron chi connectivity index (χ4n) is 2.17. The molecule has 0 unspecified atom stereocenters. The number of benzene rings is 2. The molecule has 0 aromatic heterocycles. The standard InChI is InChI=1S/C19H24NO3P/c1-19(2,3)14-11-15(13-17(12-14)24(4,5)22)20-18(21)23-16-9-7-6-8-10-16/h6-13H,1-5H3,(H,20,21). The minimum atomic E-state index is -2.44. The molecule has 1 N–H and O–H groups in total. The normalized spacial score (nSPS) is 11.9. The van der Waals surface area contributed by atoms with E-state index in [4.69, 9.17) is 4.74 Å². The van der Waals surface area contributed by atoms with Crippen LogP contribution in [0, 0.1) is 0 Å². The van der Waals surface area contributed by atoms with Crippen LogP contribution in [-0.2, 0) is 9.98 Å². The second-order valence-corrected chi connectivity index (χ2v) is 10.4. The lowest BCUT2D eigenvalue weighted by Gasteiger charge is -2.22. The smallest absolute Gasteiger partial charge is 0.410 e. The predicted molar refractivity (Wildman–Crippen MR) is 100 cm³/mol. The Morgan fingerprint density at radius 1 is 1.04 bits per heavy atom. The molecule has 2 rings (SSSR count). The molecule has 0 fully saturated rings. The second kappa shape index (κ2) is 6.82. The SMILES string of the molecule is CC(C)(C)c1cc(NC(=O)Oc2ccccc2)cc(P(C)(C)=O)c1. The number of carbonyl (C=O) groups is 1. The Labute approximate surface area is 143 Å². The molecule has 0 saturated carbocycles. The van der Waals surface area contributed by atoms with Gasteiger partial charge in [-0.25, -0.2) is 4.79 Å². The minimum absolute atomic E-state index is 0.120. The Hall–Kier alpha value is -2.06. The van der Waals surface area contributed by atoms with E-state index in [-0.39, 0.29) is 5.41 Å². The van der Waals surface area contributed by atoms with Gasteiger partial charge in [-0.2, -0.15) is 0 Å². The number of hydrogen-bond donors (Lipinski definition) is 1. The van der Waals surface area contributed by atoms with Gasteiger partial charge in [-0.1, -0.05) is 39.0 Å². The number of ether oxygens (including phenoxy) is 1. The number of nitrogens with one attached hydrogen (secondary N) is 1. The number of anilines is 1. The van der Waals surface area contributed by atoms with E-state index in [1.807, 2.05) is 18.2 Å². The molecule has 2 aromatic carbocycles. The summed E-state index contributed by atoms with van der Waals surface area (Å²) >= 11 is 0. The molecular formula is C19H24NO3P. The van der Waals surface area contributed by atoms with Crippen molar-refractivity contribution in [2.45, 2.75) is 26.2 Å². The first-order chi connectivity index (χ1) is 11.1. The van der Waals surface area contributed by atoms with Gasteiger partial charge in [0.15, 0.2) is 0 Å². The summed E-state index contributed by atoms with van der Waals surface area (Å²) in [4.78, 5) is 12.1. The van der Waals surface area contributed by atoms with Gasteiger partial charge in [0.25, 0.3) is 0 Å². The third-order valence-corrected chi connectivity index (χ3v) is 5.11. The first-order valence-electron chi connectivity index (χ1n) is 7.81. The fourth-order valence-corrected chi connectivity index (χ4v) is 3.07. The van der Waals surface area contributed by atoms with Gasteiger partial charge >= 0.3 is 6.09 Å². The molecule has 2 aromatic rings. The summed E-state index contributed by atoms with van der Waals surface area (Å²) in [6.45, 7) is 9.68. The summed E-state index contributed by atoms with van der Waals surface area (Å²) in [5.74, 6) is 0.471. The van der Waals surface area contributed by atoms with Crippen molar-refractivity contribution < 1.29 is 14.1 Å². The van der Waals surface area contributed by atoms with Crippen molar-refractivity contribution in [1.29, 1.82) is 0 Å². The van der Waals surface area contributed by atoms with E-state index < -0.39 is 13.2 Å². The van der Waals surface area contributed by atoms with E-state index in [0.717, 1.165) is 10.9 Å². The minimum Gasteiger partial charge on any atom is -0.410 e. The summed E-state index contributed by atoms with van der Waals surface area (Å²) < 4.78 is 17.7. The van der Waals surface area contributed by atoms with Crippen LogP contribution in [0.5, 0.6) is 5.75 Å². The van der Waals surface area contributed by atoms with Gasteiger partial charge in [-0.05, 0) is 54.6 Å². The lowest BCUT2D eigenvalue weighted by Crippen LogP contribution is -2.20. The molecule has 128 valence electrons. The zero-order valence-electron chi connectivity index (χ0n) is 14.8. The average molecular weight is 345 g/mol. The Morgan fingerprint density at radius 3 is 2.21 bits per heavy atom. The van der Waals surface area contributed by atoms with Gasteiger partial charge in [-0.3, -0.25) is 5.32 Å². The highest BCUT2D eigenvalue weighted by molar-refractivity contribution is 7.70. The first-order valence-corrected chi connectivity index (χ1v) is 10.4. The van der Waals surface area contributed by atoms with Crippen molar-refractivity contribution in [1.82, 2.24) is 0 Å².